The number of halogens is 2. The monoisotopic (exact) mass is 439 g/mol. The SMILES string of the molecule is Cc1cn2cc(N=C(N)c3c(N)cc(N4CCC(NC5CC5)CC4)cc3F)cc(F)c2n1. The fourth-order valence-electron chi connectivity index (χ4n) is 4.38. The lowest BCUT2D eigenvalue weighted by atomic mass is 10.0. The fraction of sp³-hybridized carbons (Fsp3) is 0.391. The molecule has 1 aliphatic heterocycles. The lowest BCUT2D eigenvalue weighted by molar-refractivity contribution is 0.412. The molecule has 1 aliphatic carbocycles. The number of hydrogen-bond donors (Lipinski definition) is 3. The predicted octanol–water partition coefficient (Wildman–Crippen LogP) is 3.26. The van der Waals surface area contributed by atoms with E-state index < -0.39 is 11.6 Å². The standard InChI is InChI=1S/C23H27F2N7/c1-13-11-32-12-16(8-19(25)23(32)28-13)30-22(27)21-18(24)9-17(10-20(21)26)31-6-4-15(5-7-31)29-14-2-3-14/h8-12,14-15,29H,2-7,26H2,1H3,(H2,27,30). The second-order valence-electron chi connectivity index (χ2n) is 8.75. The van der Waals surface area contributed by atoms with E-state index in [9.17, 15) is 4.39 Å². The highest BCUT2D eigenvalue weighted by Crippen LogP contribution is 2.29. The summed E-state index contributed by atoms with van der Waals surface area (Å²) >= 11 is 0. The molecular weight excluding hydrogens is 412 g/mol. The molecule has 0 unspecified atom stereocenters. The van der Waals surface area contributed by atoms with Gasteiger partial charge in [-0.15, -0.1) is 0 Å². The summed E-state index contributed by atoms with van der Waals surface area (Å²) < 4.78 is 30.9. The van der Waals surface area contributed by atoms with Crippen LogP contribution in [0.4, 0.5) is 25.8 Å². The van der Waals surface area contributed by atoms with Crippen LogP contribution in [0.5, 0.6) is 0 Å². The number of nitrogens with zero attached hydrogens (tertiary/aromatic N) is 4. The number of benzene rings is 1. The maximum Gasteiger partial charge on any atom is 0.173 e. The molecule has 9 heteroatoms. The quantitative estimate of drug-likeness (QED) is 0.322. The fourth-order valence-corrected chi connectivity index (χ4v) is 4.38. The van der Waals surface area contributed by atoms with Gasteiger partial charge in [-0.25, -0.2) is 18.8 Å². The highest BCUT2D eigenvalue weighted by atomic mass is 19.1. The molecule has 0 radical (unpaired) electrons. The summed E-state index contributed by atoms with van der Waals surface area (Å²) in [6.45, 7) is 3.46. The van der Waals surface area contributed by atoms with Crippen molar-refractivity contribution in [3.8, 4) is 0 Å². The molecule has 3 aromatic rings. The van der Waals surface area contributed by atoms with Crippen molar-refractivity contribution in [3.05, 3.63) is 53.5 Å². The van der Waals surface area contributed by atoms with Gasteiger partial charge in [0.1, 0.15) is 11.7 Å². The number of aryl methyl sites for hydroxylation is 1. The van der Waals surface area contributed by atoms with Crippen LogP contribution in [-0.2, 0) is 0 Å². The molecule has 2 aliphatic rings. The third kappa shape index (κ3) is 4.12. The molecule has 2 aromatic heterocycles. The number of imidazole rings is 1. The van der Waals surface area contributed by atoms with E-state index in [1.165, 1.54) is 29.4 Å². The van der Waals surface area contributed by atoms with Gasteiger partial charge in [-0.2, -0.15) is 0 Å². The Hall–Kier alpha value is -3.20. The van der Waals surface area contributed by atoms with Crippen LogP contribution in [-0.4, -0.2) is 40.4 Å². The summed E-state index contributed by atoms with van der Waals surface area (Å²) in [7, 11) is 0. The smallest absolute Gasteiger partial charge is 0.173 e. The van der Waals surface area contributed by atoms with Gasteiger partial charge in [-0.3, -0.25) is 0 Å². The number of fused-ring (bicyclic) bond motifs is 1. The lowest BCUT2D eigenvalue weighted by Crippen LogP contribution is -2.43. The molecule has 5 rings (SSSR count). The minimum absolute atomic E-state index is 0.0290. The number of amidine groups is 1. The Labute approximate surface area is 185 Å². The molecule has 0 spiro atoms. The van der Waals surface area contributed by atoms with E-state index in [4.69, 9.17) is 11.5 Å². The zero-order chi connectivity index (χ0) is 22.4. The lowest BCUT2D eigenvalue weighted by Gasteiger charge is -2.34. The number of nitrogens with two attached hydrogens (primary N) is 2. The second-order valence-corrected chi connectivity index (χ2v) is 8.75. The van der Waals surface area contributed by atoms with Crippen molar-refractivity contribution in [3.63, 3.8) is 0 Å². The van der Waals surface area contributed by atoms with Crippen molar-refractivity contribution in [2.45, 2.75) is 44.7 Å². The van der Waals surface area contributed by atoms with E-state index >= 15 is 4.39 Å². The number of nitrogen functional groups attached to an aromatic ring is 1. The number of piperidine rings is 1. The first-order valence-electron chi connectivity index (χ1n) is 11.0. The van der Waals surface area contributed by atoms with Crippen molar-refractivity contribution in [2.75, 3.05) is 23.7 Å². The summed E-state index contributed by atoms with van der Waals surface area (Å²) in [5, 5.41) is 3.66. The molecule has 168 valence electrons. The Balaban J connectivity index is 1.37. The predicted molar refractivity (Wildman–Crippen MR) is 122 cm³/mol. The molecule has 0 amide bonds. The molecule has 32 heavy (non-hydrogen) atoms. The van der Waals surface area contributed by atoms with Crippen molar-refractivity contribution in [2.24, 2.45) is 10.7 Å². The van der Waals surface area contributed by atoms with Gasteiger partial charge in [0.15, 0.2) is 11.5 Å². The molecule has 1 aromatic carbocycles. The maximum absolute atomic E-state index is 15.0. The van der Waals surface area contributed by atoms with Gasteiger partial charge in [0.05, 0.1) is 16.9 Å². The van der Waals surface area contributed by atoms with Crippen molar-refractivity contribution < 1.29 is 8.78 Å². The minimum atomic E-state index is -0.542. The first kappa shape index (κ1) is 20.7. The summed E-state index contributed by atoms with van der Waals surface area (Å²) in [5.74, 6) is -1.18. The highest BCUT2D eigenvalue weighted by molar-refractivity contribution is 6.04. The van der Waals surface area contributed by atoms with Crippen LogP contribution >= 0.6 is 0 Å². The Kier molecular flexibility index (Phi) is 5.21. The van der Waals surface area contributed by atoms with Crippen LogP contribution in [0.25, 0.3) is 5.65 Å². The van der Waals surface area contributed by atoms with Gasteiger partial charge in [-0.05, 0) is 44.7 Å². The van der Waals surface area contributed by atoms with Crippen LogP contribution in [0.15, 0.2) is 35.6 Å². The molecule has 1 saturated heterocycles. The molecule has 0 atom stereocenters. The summed E-state index contributed by atoms with van der Waals surface area (Å²) in [6, 6.07) is 5.62. The first-order valence-corrected chi connectivity index (χ1v) is 11.0. The zero-order valence-corrected chi connectivity index (χ0v) is 18.0. The number of pyridine rings is 1. The summed E-state index contributed by atoms with van der Waals surface area (Å²) in [4.78, 5) is 10.5. The van der Waals surface area contributed by atoms with E-state index in [1.54, 1.807) is 25.4 Å². The van der Waals surface area contributed by atoms with Gasteiger partial charge in [0, 0.05) is 55.0 Å². The average Bonchev–Trinajstić information content (AvgIpc) is 3.46. The van der Waals surface area contributed by atoms with Gasteiger partial charge in [0.2, 0.25) is 0 Å². The van der Waals surface area contributed by atoms with E-state index in [1.807, 2.05) is 0 Å². The number of hydrogen-bond acceptors (Lipinski definition) is 5. The Bertz CT molecular complexity index is 1170. The van der Waals surface area contributed by atoms with Crippen molar-refractivity contribution in [1.29, 1.82) is 0 Å². The summed E-state index contributed by atoms with van der Waals surface area (Å²) in [5.41, 5.74) is 14.4. The number of nitrogens with one attached hydrogen (secondary N) is 1. The van der Waals surface area contributed by atoms with E-state index in [0.717, 1.165) is 31.6 Å². The Morgan fingerprint density at radius 1 is 1.06 bits per heavy atom. The van der Waals surface area contributed by atoms with Gasteiger partial charge < -0.3 is 26.1 Å². The molecule has 1 saturated carbocycles. The molecule has 0 bridgehead atoms. The number of aromatic nitrogens is 2. The summed E-state index contributed by atoms with van der Waals surface area (Å²) in [6.07, 6.45) is 7.86. The molecule has 5 N–H and O–H groups in total. The van der Waals surface area contributed by atoms with Crippen LogP contribution in [0.1, 0.15) is 36.9 Å². The third-order valence-corrected chi connectivity index (χ3v) is 6.13. The van der Waals surface area contributed by atoms with Gasteiger partial charge >= 0.3 is 0 Å². The normalized spacial score (nSPS) is 18.0. The van der Waals surface area contributed by atoms with E-state index in [0.29, 0.717) is 17.8 Å². The van der Waals surface area contributed by atoms with Crippen LogP contribution in [0.2, 0.25) is 0 Å². The van der Waals surface area contributed by atoms with E-state index in [2.05, 4.69) is 20.2 Å². The molecular formula is C23H27F2N7. The maximum atomic E-state index is 15.0. The number of aliphatic imine (C=N–C) groups is 1. The van der Waals surface area contributed by atoms with Gasteiger partial charge in [0.25, 0.3) is 0 Å². The Morgan fingerprint density at radius 3 is 2.47 bits per heavy atom. The minimum Gasteiger partial charge on any atom is -0.398 e. The second kappa shape index (κ2) is 8.05. The Morgan fingerprint density at radius 2 is 1.78 bits per heavy atom. The van der Waals surface area contributed by atoms with Crippen LogP contribution in [0, 0.1) is 18.6 Å². The first-order chi connectivity index (χ1) is 15.4. The van der Waals surface area contributed by atoms with Gasteiger partial charge in [-0.1, -0.05) is 0 Å². The average molecular weight is 440 g/mol. The number of rotatable bonds is 5. The molecule has 7 nitrogen and oxygen atoms in total. The molecule has 3 heterocycles. The topological polar surface area (TPSA) is 97.0 Å². The van der Waals surface area contributed by atoms with Crippen molar-refractivity contribution in [1.82, 2.24) is 14.7 Å². The van der Waals surface area contributed by atoms with E-state index in [-0.39, 0.29) is 28.4 Å². The zero-order valence-electron chi connectivity index (χ0n) is 18.0. The van der Waals surface area contributed by atoms with Crippen LogP contribution in [0.3, 0.4) is 0 Å². The van der Waals surface area contributed by atoms with Crippen molar-refractivity contribution >= 4 is 28.5 Å². The largest absolute Gasteiger partial charge is 0.398 e. The highest BCUT2D eigenvalue weighted by Gasteiger charge is 2.27. The third-order valence-electron chi connectivity index (χ3n) is 6.13. The van der Waals surface area contributed by atoms with Crippen LogP contribution < -0.4 is 21.7 Å². The molecule has 2 fully saturated rings. The number of anilines is 2.